The molecule has 0 aliphatic heterocycles. The summed E-state index contributed by atoms with van der Waals surface area (Å²) in [6.07, 6.45) is 66.2. The Morgan fingerprint density at radius 3 is 1.09 bits per heavy atom. The van der Waals surface area contributed by atoms with Crippen LogP contribution >= 0.6 is 0 Å². The van der Waals surface area contributed by atoms with Crippen LogP contribution in [0.25, 0.3) is 0 Å². The molecule has 0 aromatic heterocycles. The first-order valence-corrected chi connectivity index (χ1v) is 29.1. The number of nitrogens with one attached hydrogen (secondary N) is 1. The van der Waals surface area contributed by atoms with Gasteiger partial charge in [-0.15, -0.1) is 0 Å². The molecule has 0 aliphatic rings. The molecule has 0 spiro atoms. The van der Waals surface area contributed by atoms with E-state index < -0.39 is 12.1 Å². The maximum atomic E-state index is 12.5. The molecule has 0 bridgehead atoms. The SMILES string of the molecule is CCCCCCCCCCCCCCCCCCCC/C=C/C(O)C(CO)NC(=O)CCCCCCC/C=C\CCCCCCCCCOC(=O)CCCCCCCCCCCCCC. The van der Waals surface area contributed by atoms with Gasteiger partial charge in [-0.1, -0.05) is 269 Å². The number of ether oxygens (including phenoxy) is 1. The van der Waals surface area contributed by atoms with E-state index in [1.165, 1.54) is 225 Å². The van der Waals surface area contributed by atoms with Crippen molar-refractivity contribution in [2.45, 2.75) is 328 Å². The second-order valence-electron chi connectivity index (χ2n) is 20.0. The maximum absolute atomic E-state index is 12.5. The molecule has 0 aromatic rings. The number of aliphatic hydroxyl groups excluding tert-OH is 2. The molecule has 0 rings (SSSR count). The molecule has 1 amide bonds. The number of esters is 1. The molecule has 0 radical (unpaired) electrons. The van der Waals surface area contributed by atoms with Crippen LogP contribution in [0.5, 0.6) is 0 Å². The van der Waals surface area contributed by atoms with Crippen LogP contribution in [0.15, 0.2) is 24.3 Å². The van der Waals surface area contributed by atoms with E-state index in [0.29, 0.717) is 19.4 Å². The normalized spacial score (nSPS) is 12.7. The average Bonchev–Trinajstić information content (AvgIpc) is 3.31. The van der Waals surface area contributed by atoms with Crippen LogP contribution in [0.2, 0.25) is 0 Å². The van der Waals surface area contributed by atoms with Crippen molar-refractivity contribution in [3.8, 4) is 0 Å². The van der Waals surface area contributed by atoms with Crippen molar-refractivity contribution in [3.05, 3.63) is 24.3 Å². The number of allylic oxidation sites excluding steroid dienone is 3. The Kier molecular flexibility index (Phi) is 53.5. The van der Waals surface area contributed by atoms with Gasteiger partial charge >= 0.3 is 5.97 Å². The summed E-state index contributed by atoms with van der Waals surface area (Å²) < 4.78 is 5.46. The zero-order valence-electron chi connectivity index (χ0n) is 43.7. The van der Waals surface area contributed by atoms with Gasteiger partial charge in [0.05, 0.1) is 25.4 Å². The summed E-state index contributed by atoms with van der Waals surface area (Å²) in [5.74, 6) is -0.0855. The van der Waals surface area contributed by atoms with Gasteiger partial charge in [0.15, 0.2) is 0 Å². The molecule has 0 fully saturated rings. The Morgan fingerprint density at radius 2 is 0.723 bits per heavy atom. The zero-order valence-corrected chi connectivity index (χ0v) is 43.7. The minimum atomic E-state index is -0.855. The lowest BCUT2D eigenvalue weighted by Crippen LogP contribution is -2.45. The van der Waals surface area contributed by atoms with Crippen molar-refractivity contribution in [1.29, 1.82) is 0 Å². The Hall–Kier alpha value is -1.66. The number of unbranched alkanes of at least 4 members (excludes halogenated alkanes) is 41. The largest absolute Gasteiger partial charge is 0.466 e. The van der Waals surface area contributed by atoms with Crippen LogP contribution in [-0.4, -0.2) is 47.4 Å². The molecule has 0 aliphatic carbocycles. The highest BCUT2D eigenvalue weighted by Gasteiger charge is 2.18. The van der Waals surface area contributed by atoms with Crippen LogP contribution in [0.1, 0.15) is 316 Å². The Labute approximate surface area is 405 Å². The van der Waals surface area contributed by atoms with E-state index in [1.807, 2.05) is 6.08 Å². The van der Waals surface area contributed by atoms with Crippen molar-refractivity contribution in [2.75, 3.05) is 13.2 Å². The number of hydrogen-bond acceptors (Lipinski definition) is 5. The topological polar surface area (TPSA) is 95.9 Å². The lowest BCUT2D eigenvalue weighted by molar-refractivity contribution is -0.143. The summed E-state index contributed by atoms with van der Waals surface area (Å²) >= 11 is 0. The van der Waals surface area contributed by atoms with Gasteiger partial charge in [-0.25, -0.2) is 0 Å². The Bertz CT molecular complexity index is 1010. The average molecular weight is 917 g/mol. The number of hydrogen-bond donors (Lipinski definition) is 3. The summed E-state index contributed by atoms with van der Waals surface area (Å²) in [7, 11) is 0. The number of amides is 1. The fourth-order valence-corrected chi connectivity index (χ4v) is 8.98. The third-order valence-corrected chi connectivity index (χ3v) is 13.5. The molecule has 3 N–H and O–H groups in total. The summed E-state index contributed by atoms with van der Waals surface area (Å²) in [4.78, 5) is 24.5. The predicted octanol–water partition coefficient (Wildman–Crippen LogP) is 17.9. The summed E-state index contributed by atoms with van der Waals surface area (Å²) in [6, 6.07) is -0.640. The Balaban J connectivity index is 3.50. The highest BCUT2D eigenvalue weighted by Crippen LogP contribution is 2.17. The van der Waals surface area contributed by atoms with Gasteiger partial charge in [0.1, 0.15) is 0 Å². The molecule has 65 heavy (non-hydrogen) atoms. The molecular formula is C59H113NO5. The summed E-state index contributed by atoms with van der Waals surface area (Å²) in [5, 5.41) is 23.2. The van der Waals surface area contributed by atoms with Crippen molar-refractivity contribution < 1.29 is 24.5 Å². The summed E-state index contributed by atoms with van der Waals surface area (Å²) in [6.45, 7) is 4.89. The van der Waals surface area contributed by atoms with Crippen molar-refractivity contribution >= 4 is 11.9 Å². The van der Waals surface area contributed by atoms with Gasteiger partial charge < -0.3 is 20.3 Å². The fourth-order valence-electron chi connectivity index (χ4n) is 8.98. The van der Waals surface area contributed by atoms with Crippen LogP contribution < -0.4 is 5.32 Å². The molecule has 0 heterocycles. The van der Waals surface area contributed by atoms with Gasteiger partial charge in [-0.05, 0) is 57.8 Å². The van der Waals surface area contributed by atoms with E-state index in [1.54, 1.807) is 6.08 Å². The van der Waals surface area contributed by atoms with Crippen LogP contribution in [0.3, 0.4) is 0 Å². The third kappa shape index (κ3) is 51.6. The van der Waals surface area contributed by atoms with Gasteiger partial charge in [0.2, 0.25) is 5.91 Å². The lowest BCUT2D eigenvalue weighted by Gasteiger charge is -2.20. The minimum absolute atomic E-state index is 0.00289. The summed E-state index contributed by atoms with van der Waals surface area (Å²) in [5.41, 5.74) is 0. The predicted molar refractivity (Wildman–Crippen MR) is 283 cm³/mol. The van der Waals surface area contributed by atoms with E-state index >= 15 is 0 Å². The highest BCUT2D eigenvalue weighted by molar-refractivity contribution is 5.76. The second kappa shape index (κ2) is 54.9. The van der Waals surface area contributed by atoms with Gasteiger partial charge in [-0.3, -0.25) is 9.59 Å². The monoisotopic (exact) mass is 916 g/mol. The molecule has 0 aromatic carbocycles. The second-order valence-corrected chi connectivity index (χ2v) is 20.0. The minimum Gasteiger partial charge on any atom is -0.466 e. The van der Waals surface area contributed by atoms with Crippen LogP contribution in [0, 0.1) is 0 Å². The number of aliphatic hydroxyl groups is 2. The van der Waals surface area contributed by atoms with Gasteiger partial charge in [0, 0.05) is 12.8 Å². The first-order chi connectivity index (χ1) is 32.0. The molecular weight excluding hydrogens is 803 g/mol. The van der Waals surface area contributed by atoms with Gasteiger partial charge in [0.25, 0.3) is 0 Å². The molecule has 2 unspecified atom stereocenters. The number of carbonyl (C=O) groups excluding carboxylic acids is 2. The van der Waals surface area contributed by atoms with Gasteiger partial charge in [-0.2, -0.15) is 0 Å². The smallest absolute Gasteiger partial charge is 0.305 e. The fraction of sp³-hybridized carbons (Fsp3) is 0.898. The zero-order chi connectivity index (χ0) is 47.2. The van der Waals surface area contributed by atoms with E-state index in [4.69, 9.17) is 4.74 Å². The molecule has 6 heteroatoms. The number of rotatable bonds is 54. The third-order valence-electron chi connectivity index (χ3n) is 13.5. The quantitative estimate of drug-likeness (QED) is 0.0321. The lowest BCUT2D eigenvalue weighted by atomic mass is 10.0. The Morgan fingerprint density at radius 1 is 0.415 bits per heavy atom. The van der Waals surface area contributed by atoms with Crippen LogP contribution in [0.4, 0.5) is 0 Å². The first-order valence-electron chi connectivity index (χ1n) is 29.1. The maximum Gasteiger partial charge on any atom is 0.305 e. The van der Waals surface area contributed by atoms with E-state index in [0.717, 1.165) is 64.2 Å². The molecule has 6 nitrogen and oxygen atoms in total. The van der Waals surface area contributed by atoms with E-state index in [2.05, 4.69) is 31.3 Å². The van der Waals surface area contributed by atoms with E-state index in [-0.39, 0.29) is 18.5 Å². The highest BCUT2D eigenvalue weighted by atomic mass is 16.5. The molecule has 0 saturated carbocycles. The van der Waals surface area contributed by atoms with Crippen LogP contribution in [-0.2, 0) is 14.3 Å². The standard InChI is InChI=1S/C59H113NO5/c1-3-5-7-9-11-13-15-17-18-19-20-21-22-25-28-31-35-39-43-47-51-57(62)56(55-61)60-58(63)52-48-44-40-36-32-29-26-23-24-27-30-34-38-42-46-50-54-65-59(64)53-49-45-41-37-33-16-14-12-10-8-6-4-2/h23,26,47,51,56-57,61-62H,3-22,24-25,27-46,48-50,52-55H2,1-2H3,(H,60,63)/b26-23-,51-47+. The van der Waals surface area contributed by atoms with E-state index in [9.17, 15) is 19.8 Å². The molecule has 2 atom stereocenters. The first kappa shape index (κ1) is 63.3. The van der Waals surface area contributed by atoms with Crippen molar-refractivity contribution in [1.82, 2.24) is 5.32 Å². The number of carbonyl (C=O) groups is 2. The van der Waals surface area contributed by atoms with Crippen molar-refractivity contribution in [2.24, 2.45) is 0 Å². The molecule has 384 valence electrons. The van der Waals surface area contributed by atoms with Crippen molar-refractivity contribution in [3.63, 3.8) is 0 Å². The molecule has 0 saturated heterocycles.